The Labute approximate surface area is 184 Å². The van der Waals surface area contributed by atoms with Crippen molar-refractivity contribution < 1.29 is 26.7 Å². The number of halogens is 2. The van der Waals surface area contributed by atoms with Gasteiger partial charge in [0.25, 0.3) is 0 Å². The van der Waals surface area contributed by atoms with E-state index in [2.05, 4.69) is 5.32 Å². The van der Waals surface area contributed by atoms with Crippen LogP contribution in [0.4, 0.5) is 14.5 Å². The number of sulfonamides is 1. The average Bonchev–Trinajstić information content (AvgIpc) is 2.80. The Morgan fingerprint density at radius 1 is 1.00 bits per heavy atom. The number of hydrogen-bond donors (Lipinski definition) is 1. The first-order valence-electron chi connectivity index (χ1n) is 9.78. The van der Waals surface area contributed by atoms with Gasteiger partial charge in [0, 0.05) is 18.3 Å². The number of methoxy groups -OCH3 is 1. The summed E-state index contributed by atoms with van der Waals surface area (Å²) in [7, 11) is -2.57. The van der Waals surface area contributed by atoms with Gasteiger partial charge >= 0.3 is 0 Å². The first kappa shape index (κ1) is 21.9. The van der Waals surface area contributed by atoms with Gasteiger partial charge in [-0.25, -0.2) is 17.2 Å². The molecule has 1 atom stereocenters. The van der Waals surface area contributed by atoms with Crippen molar-refractivity contribution >= 4 is 21.6 Å². The van der Waals surface area contributed by atoms with Gasteiger partial charge in [-0.15, -0.1) is 0 Å². The van der Waals surface area contributed by atoms with Gasteiger partial charge in [-0.1, -0.05) is 24.3 Å². The zero-order valence-electron chi connectivity index (χ0n) is 17.1. The number of rotatable bonds is 5. The molecule has 3 aromatic rings. The third-order valence-corrected chi connectivity index (χ3v) is 7.23. The Hall–Kier alpha value is -3.30. The molecular formula is C23H20F2N2O4S. The maximum Gasteiger partial charge on any atom is 0.244 e. The molecule has 0 radical (unpaired) electrons. The normalized spacial score (nSPS) is 16.3. The second kappa shape index (κ2) is 8.68. The quantitative estimate of drug-likeness (QED) is 0.632. The van der Waals surface area contributed by atoms with Crippen LogP contribution in [0, 0.1) is 11.6 Å². The number of nitrogens with zero attached hydrogens (tertiary/aromatic N) is 1. The number of nitrogens with one attached hydrogen (secondary N) is 1. The summed E-state index contributed by atoms with van der Waals surface area (Å²) < 4.78 is 59.9. The Balaban J connectivity index is 1.70. The number of carbonyl (C=O) groups is 1. The van der Waals surface area contributed by atoms with Gasteiger partial charge in [0.15, 0.2) is 11.6 Å². The molecule has 0 spiro atoms. The molecule has 9 heteroatoms. The van der Waals surface area contributed by atoms with Gasteiger partial charge in [-0.2, -0.15) is 4.31 Å². The lowest BCUT2D eigenvalue weighted by atomic mass is 9.95. The number of anilines is 1. The van der Waals surface area contributed by atoms with E-state index < -0.39 is 33.6 Å². The van der Waals surface area contributed by atoms with E-state index in [4.69, 9.17) is 4.74 Å². The molecule has 1 amide bonds. The molecule has 1 N–H and O–H groups in total. The molecule has 32 heavy (non-hydrogen) atoms. The second-order valence-corrected chi connectivity index (χ2v) is 9.22. The lowest BCUT2D eigenvalue weighted by Crippen LogP contribution is -2.50. The molecule has 1 aliphatic rings. The van der Waals surface area contributed by atoms with Crippen LogP contribution in [0.1, 0.15) is 11.1 Å². The third-order valence-electron chi connectivity index (χ3n) is 5.36. The first-order chi connectivity index (χ1) is 15.3. The topological polar surface area (TPSA) is 75.7 Å². The Bertz CT molecular complexity index is 1260. The fourth-order valence-corrected chi connectivity index (χ4v) is 5.22. The number of carbonyl (C=O) groups excluding carboxylic acids is 1. The third kappa shape index (κ3) is 4.21. The summed E-state index contributed by atoms with van der Waals surface area (Å²) in [6.45, 7) is 0.000398. The van der Waals surface area contributed by atoms with E-state index in [0.29, 0.717) is 5.75 Å². The number of amides is 1. The zero-order valence-corrected chi connectivity index (χ0v) is 17.9. The van der Waals surface area contributed by atoms with Crippen LogP contribution in [-0.4, -0.2) is 31.8 Å². The number of ether oxygens (including phenoxy) is 1. The molecule has 6 nitrogen and oxygen atoms in total. The Kier molecular flexibility index (Phi) is 5.94. The van der Waals surface area contributed by atoms with Crippen molar-refractivity contribution in [3.05, 3.63) is 89.5 Å². The van der Waals surface area contributed by atoms with E-state index in [0.717, 1.165) is 27.6 Å². The molecule has 0 aliphatic carbocycles. The molecule has 0 aromatic heterocycles. The lowest BCUT2D eigenvalue weighted by molar-refractivity contribution is -0.120. The predicted molar refractivity (Wildman–Crippen MR) is 115 cm³/mol. The van der Waals surface area contributed by atoms with E-state index in [9.17, 15) is 22.0 Å². The summed E-state index contributed by atoms with van der Waals surface area (Å²) >= 11 is 0. The molecule has 166 valence electrons. The van der Waals surface area contributed by atoms with Crippen molar-refractivity contribution in [2.75, 3.05) is 12.4 Å². The molecule has 3 aromatic carbocycles. The molecule has 0 bridgehead atoms. The number of hydrogen-bond acceptors (Lipinski definition) is 4. The molecule has 0 saturated carbocycles. The van der Waals surface area contributed by atoms with Gasteiger partial charge in [0.1, 0.15) is 11.8 Å². The van der Waals surface area contributed by atoms with Gasteiger partial charge in [-0.3, -0.25) is 4.79 Å². The van der Waals surface area contributed by atoms with Gasteiger partial charge in [-0.05, 0) is 53.9 Å². The minimum atomic E-state index is -4.05. The first-order valence-corrected chi connectivity index (χ1v) is 11.2. The summed E-state index contributed by atoms with van der Waals surface area (Å²) in [5.74, 6) is -2.29. The average molecular weight is 458 g/mol. The van der Waals surface area contributed by atoms with Crippen molar-refractivity contribution in [3.63, 3.8) is 0 Å². The summed E-state index contributed by atoms with van der Waals surface area (Å²) in [5, 5.41) is 2.51. The standard InChI is InChI=1S/C23H20F2N2O4S/c1-31-18-7-9-19(10-8-18)32(29,30)27-14-16-5-3-2-4-15(16)12-22(27)23(28)26-17-6-11-20(24)21(25)13-17/h2-11,13,22H,12,14H2,1H3,(H,26,28)/t22-/m1/s1. The lowest BCUT2D eigenvalue weighted by Gasteiger charge is -2.35. The molecule has 0 fully saturated rings. The fourth-order valence-electron chi connectivity index (χ4n) is 3.66. The number of benzene rings is 3. The van der Waals surface area contributed by atoms with Crippen molar-refractivity contribution in [1.29, 1.82) is 0 Å². The van der Waals surface area contributed by atoms with Crippen molar-refractivity contribution in [2.45, 2.75) is 23.9 Å². The summed E-state index contributed by atoms with van der Waals surface area (Å²) in [6, 6.07) is 15.1. The van der Waals surface area contributed by atoms with Gasteiger partial charge in [0.05, 0.1) is 12.0 Å². The molecule has 4 rings (SSSR count). The monoisotopic (exact) mass is 458 g/mol. The summed E-state index contributed by atoms with van der Waals surface area (Å²) in [6.07, 6.45) is 0.140. The van der Waals surface area contributed by atoms with Gasteiger partial charge in [0.2, 0.25) is 15.9 Å². The second-order valence-electron chi connectivity index (χ2n) is 7.33. The van der Waals surface area contributed by atoms with E-state index in [1.807, 2.05) is 18.2 Å². The van der Waals surface area contributed by atoms with E-state index in [1.54, 1.807) is 6.07 Å². The van der Waals surface area contributed by atoms with Crippen LogP contribution in [0.15, 0.2) is 71.6 Å². The molecule has 1 aliphatic heterocycles. The van der Waals surface area contributed by atoms with Crippen molar-refractivity contribution in [1.82, 2.24) is 4.31 Å². The summed E-state index contributed by atoms with van der Waals surface area (Å²) in [5.41, 5.74) is 1.68. The van der Waals surface area contributed by atoms with Crippen LogP contribution < -0.4 is 10.1 Å². The highest BCUT2D eigenvalue weighted by molar-refractivity contribution is 7.89. The summed E-state index contributed by atoms with van der Waals surface area (Å²) in [4.78, 5) is 13.1. The van der Waals surface area contributed by atoms with Crippen LogP contribution in [-0.2, 0) is 27.8 Å². The maximum absolute atomic E-state index is 13.6. The van der Waals surface area contributed by atoms with Crippen LogP contribution >= 0.6 is 0 Å². The van der Waals surface area contributed by atoms with Crippen molar-refractivity contribution in [3.8, 4) is 5.75 Å². The number of fused-ring (bicyclic) bond motifs is 1. The van der Waals surface area contributed by atoms with Crippen LogP contribution in [0.2, 0.25) is 0 Å². The Morgan fingerprint density at radius 2 is 1.69 bits per heavy atom. The van der Waals surface area contributed by atoms with E-state index in [1.165, 1.54) is 37.4 Å². The highest BCUT2D eigenvalue weighted by atomic mass is 32.2. The van der Waals surface area contributed by atoms with Crippen LogP contribution in [0.3, 0.4) is 0 Å². The predicted octanol–water partition coefficient (Wildman–Crippen LogP) is 3.73. The van der Waals surface area contributed by atoms with Crippen molar-refractivity contribution in [2.24, 2.45) is 0 Å². The van der Waals surface area contributed by atoms with Crippen LogP contribution in [0.5, 0.6) is 5.75 Å². The largest absolute Gasteiger partial charge is 0.497 e. The van der Waals surface area contributed by atoms with E-state index in [-0.39, 0.29) is 23.5 Å². The molecule has 0 saturated heterocycles. The smallest absolute Gasteiger partial charge is 0.244 e. The van der Waals surface area contributed by atoms with E-state index >= 15 is 0 Å². The molecular weight excluding hydrogens is 438 g/mol. The molecule has 1 heterocycles. The minimum Gasteiger partial charge on any atom is -0.497 e. The highest BCUT2D eigenvalue weighted by Gasteiger charge is 2.39. The zero-order chi connectivity index (χ0) is 22.9. The minimum absolute atomic E-state index is 0.000398. The Morgan fingerprint density at radius 3 is 2.34 bits per heavy atom. The fraction of sp³-hybridized carbons (Fsp3) is 0.174. The molecule has 0 unspecified atom stereocenters. The maximum atomic E-state index is 13.6. The SMILES string of the molecule is COc1ccc(S(=O)(=O)N2Cc3ccccc3C[C@@H]2C(=O)Nc2ccc(F)c(F)c2)cc1. The van der Waals surface area contributed by atoms with Crippen LogP contribution in [0.25, 0.3) is 0 Å². The van der Waals surface area contributed by atoms with Gasteiger partial charge < -0.3 is 10.1 Å². The highest BCUT2D eigenvalue weighted by Crippen LogP contribution is 2.30.